The molecule has 0 aliphatic rings. The number of hydrogen-bond acceptors (Lipinski definition) is 6. The summed E-state index contributed by atoms with van der Waals surface area (Å²) < 4.78 is 12.5. The Kier molecular flexibility index (Phi) is 7.42. The number of para-hydroxylation sites is 2. The van der Waals surface area contributed by atoms with E-state index in [1.807, 2.05) is 63.2 Å². The zero-order valence-corrected chi connectivity index (χ0v) is 21.6. The molecule has 1 atom stereocenters. The molecule has 0 spiro atoms. The molecule has 0 unspecified atom stereocenters. The minimum atomic E-state index is -1.02. The Hall–Kier alpha value is -4.40. The fourth-order valence-corrected chi connectivity index (χ4v) is 4.11. The van der Waals surface area contributed by atoms with Crippen LogP contribution in [0.5, 0.6) is 11.5 Å². The lowest BCUT2D eigenvalue weighted by Crippen LogP contribution is -2.50. The average Bonchev–Trinajstić information content (AvgIpc) is 3.28. The number of methoxy groups -OCH3 is 2. The molecule has 3 aromatic carbocycles. The van der Waals surface area contributed by atoms with Gasteiger partial charge in [0.2, 0.25) is 11.8 Å². The molecule has 0 saturated carbocycles. The summed E-state index contributed by atoms with van der Waals surface area (Å²) in [7, 11) is 3.08. The second kappa shape index (κ2) is 10.7. The van der Waals surface area contributed by atoms with Gasteiger partial charge < -0.3 is 14.8 Å². The molecule has 0 saturated heterocycles. The molecule has 1 N–H and O–H groups in total. The molecule has 4 aromatic rings. The summed E-state index contributed by atoms with van der Waals surface area (Å²) in [6, 6.07) is 20.7. The summed E-state index contributed by atoms with van der Waals surface area (Å²) in [6.45, 7) is 5.56. The van der Waals surface area contributed by atoms with Crippen LogP contribution in [0.15, 0.2) is 72.8 Å². The molecular formula is C28H31N5O4. The molecule has 37 heavy (non-hydrogen) atoms. The first-order valence-electron chi connectivity index (χ1n) is 11.9. The molecule has 0 bridgehead atoms. The molecule has 2 amide bonds. The first-order chi connectivity index (χ1) is 17.7. The van der Waals surface area contributed by atoms with Gasteiger partial charge in [0.1, 0.15) is 29.6 Å². The van der Waals surface area contributed by atoms with Crippen LogP contribution in [0, 0.1) is 0 Å². The molecule has 192 valence electrons. The topological polar surface area (TPSA) is 98.6 Å². The van der Waals surface area contributed by atoms with Crippen LogP contribution in [0.3, 0.4) is 0 Å². The van der Waals surface area contributed by atoms with E-state index in [0.29, 0.717) is 28.3 Å². The van der Waals surface area contributed by atoms with E-state index in [9.17, 15) is 9.59 Å². The number of benzene rings is 3. The van der Waals surface area contributed by atoms with E-state index in [1.54, 1.807) is 49.2 Å². The number of nitrogens with one attached hydrogen (secondary N) is 1. The van der Waals surface area contributed by atoms with Gasteiger partial charge in [-0.2, -0.15) is 0 Å². The highest BCUT2D eigenvalue weighted by Gasteiger charge is 2.35. The predicted molar refractivity (Wildman–Crippen MR) is 142 cm³/mol. The third-order valence-corrected chi connectivity index (χ3v) is 5.70. The van der Waals surface area contributed by atoms with Crippen LogP contribution in [0.2, 0.25) is 0 Å². The zero-order valence-electron chi connectivity index (χ0n) is 21.6. The highest BCUT2D eigenvalue weighted by Crippen LogP contribution is 2.33. The summed E-state index contributed by atoms with van der Waals surface area (Å²) in [5.74, 6) is 0.331. The first-order valence-corrected chi connectivity index (χ1v) is 11.9. The Labute approximate surface area is 216 Å². The van der Waals surface area contributed by atoms with Crippen LogP contribution in [-0.2, 0) is 16.1 Å². The van der Waals surface area contributed by atoms with E-state index >= 15 is 0 Å². The second-order valence-electron chi connectivity index (χ2n) is 9.62. The van der Waals surface area contributed by atoms with E-state index in [-0.39, 0.29) is 18.4 Å². The summed E-state index contributed by atoms with van der Waals surface area (Å²) in [4.78, 5) is 29.4. The lowest BCUT2D eigenvalue weighted by molar-refractivity contribution is -0.128. The van der Waals surface area contributed by atoms with Crippen molar-refractivity contribution in [3.63, 3.8) is 0 Å². The first kappa shape index (κ1) is 25.7. The van der Waals surface area contributed by atoms with E-state index in [2.05, 4.69) is 15.6 Å². The van der Waals surface area contributed by atoms with Crippen molar-refractivity contribution in [1.82, 2.24) is 20.3 Å². The second-order valence-corrected chi connectivity index (χ2v) is 9.62. The van der Waals surface area contributed by atoms with Crippen LogP contribution >= 0.6 is 0 Å². The van der Waals surface area contributed by atoms with Crippen molar-refractivity contribution in [1.29, 1.82) is 0 Å². The number of anilines is 1. The number of carbonyl (C=O) groups excluding carboxylic acids is 2. The van der Waals surface area contributed by atoms with Gasteiger partial charge in [0, 0.05) is 17.3 Å². The van der Waals surface area contributed by atoms with Gasteiger partial charge in [-0.3, -0.25) is 14.5 Å². The number of aromatic nitrogens is 3. The monoisotopic (exact) mass is 501 g/mol. The molecule has 1 heterocycles. The molecule has 9 heteroatoms. The van der Waals surface area contributed by atoms with Gasteiger partial charge >= 0.3 is 0 Å². The maximum absolute atomic E-state index is 14.0. The highest BCUT2D eigenvalue weighted by molar-refractivity contribution is 6.01. The fourth-order valence-electron chi connectivity index (χ4n) is 4.11. The maximum Gasteiger partial charge on any atom is 0.249 e. The van der Waals surface area contributed by atoms with Crippen LogP contribution < -0.4 is 19.7 Å². The van der Waals surface area contributed by atoms with Gasteiger partial charge in [0.05, 0.1) is 19.7 Å². The molecule has 0 aliphatic heterocycles. The number of ether oxygens (including phenoxy) is 2. The zero-order chi connectivity index (χ0) is 26.6. The fraction of sp³-hybridized carbons (Fsp3) is 0.286. The number of rotatable bonds is 8. The maximum atomic E-state index is 14.0. The third kappa shape index (κ3) is 5.88. The van der Waals surface area contributed by atoms with E-state index in [1.165, 1.54) is 4.90 Å². The summed E-state index contributed by atoms with van der Waals surface area (Å²) in [5, 5.41) is 11.4. The molecule has 0 aliphatic carbocycles. The van der Waals surface area contributed by atoms with Crippen molar-refractivity contribution in [3.05, 3.63) is 78.4 Å². The van der Waals surface area contributed by atoms with Crippen molar-refractivity contribution >= 4 is 28.5 Å². The molecule has 9 nitrogen and oxygen atoms in total. The molecule has 0 radical (unpaired) electrons. The Morgan fingerprint density at radius 3 is 2.19 bits per heavy atom. The number of hydrogen-bond donors (Lipinski definition) is 1. The number of amides is 2. The van der Waals surface area contributed by atoms with Crippen LogP contribution in [-0.4, -0.2) is 46.6 Å². The summed E-state index contributed by atoms with van der Waals surface area (Å²) >= 11 is 0. The SMILES string of the molecule is COc1cc(OC)cc([C@H](C(=O)NC(C)(C)C)N(C(=O)Cn2nnc3ccccc32)c2ccccc2)c1. The lowest BCUT2D eigenvalue weighted by atomic mass is 10.00. The Morgan fingerprint density at radius 1 is 0.946 bits per heavy atom. The smallest absolute Gasteiger partial charge is 0.249 e. The largest absolute Gasteiger partial charge is 0.497 e. The minimum Gasteiger partial charge on any atom is -0.497 e. The third-order valence-electron chi connectivity index (χ3n) is 5.70. The Bertz CT molecular complexity index is 1370. The lowest BCUT2D eigenvalue weighted by Gasteiger charge is -2.34. The highest BCUT2D eigenvalue weighted by atomic mass is 16.5. The van der Waals surface area contributed by atoms with Crippen molar-refractivity contribution in [2.45, 2.75) is 38.9 Å². The van der Waals surface area contributed by atoms with Gasteiger partial charge in [-0.15, -0.1) is 5.10 Å². The predicted octanol–water partition coefficient (Wildman–Crippen LogP) is 4.14. The normalized spacial score (nSPS) is 12.1. The standard InChI is InChI=1S/C28H31N5O4/c1-28(2,3)29-27(35)26(19-15-21(36-4)17-22(16-19)37-5)33(20-11-7-6-8-12-20)25(34)18-32-24-14-10-9-13-23(24)30-31-32/h6-17,26H,18H2,1-5H3,(H,29,35)/t26-/m1/s1. The summed E-state index contributed by atoms with van der Waals surface area (Å²) in [5.41, 5.74) is 1.97. The average molecular weight is 502 g/mol. The molecule has 4 rings (SSSR count). The number of fused-ring (bicyclic) bond motifs is 1. The van der Waals surface area contributed by atoms with Crippen LogP contribution in [0.1, 0.15) is 32.4 Å². The van der Waals surface area contributed by atoms with Crippen LogP contribution in [0.4, 0.5) is 5.69 Å². The van der Waals surface area contributed by atoms with Gasteiger partial charge in [-0.25, -0.2) is 4.68 Å². The quantitative estimate of drug-likeness (QED) is 0.390. The Morgan fingerprint density at radius 2 is 1.57 bits per heavy atom. The van der Waals surface area contributed by atoms with E-state index in [0.717, 1.165) is 5.52 Å². The van der Waals surface area contributed by atoms with Crippen molar-refractivity contribution in [2.24, 2.45) is 0 Å². The van der Waals surface area contributed by atoms with E-state index < -0.39 is 11.6 Å². The van der Waals surface area contributed by atoms with Crippen molar-refractivity contribution in [3.8, 4) is 11.5 Å². The minimum absolute atomic E-state index is 0.115. The van der Waals surface area contributed by atoms with Crippen molar-refractivity contribution in [2.75, 3.05) is 19.1 Å². The van der Waals surface area contributed by atoms with Gasteiger partial charge in [0.15, 0.2) is 0 Å². The van der Waals surface area contributed by atoms with Gasteiger partial charge in [-0.1, -0.05) is 35.5 Å². The Balaban J connectivity index is 1.85. The van der Waals surface area contributed by atoms with Crippen molar-refractivity contribution < 1.29 is 19.1 Å². The molecular weight excluding hydrogens is 470 g/mol. The van der Waals surface area contributed by atoms with Gasteiger partial charge in [0.25, 0.3) is 0 Å². The molecule has 1 aromatic heterocycles. The van der Waals surface area contributed by atoms with E-state index in [4.69, 9.17) is 9.47 Å². The number of nitrogens with zero attached hydrogens (tertiary/aromatic N) is 4. The molecule has 0 fully saturated rings. The van der Waals surface area contributed by atoms with Crippen LogP contribution in [0.25, 0.3) is 11.0 Å². The summed E-state index contributed by atoms with van der Waals surface area (Å²) in [6.07, 6.45) is 0. The number of carbonyl (C=O) groups is 2. The van der Waals surface area contributed by atoms with Gasteiger partial charge in [-0.05, 0) is 62.7 Å².